The summed E-state index contributed by atoms with van der Waals surface area (Å²) in [5, 5.41) is 8.83. The van der Waals surface area contributed by atoms with Crippen LogP contribution in [0.3, 0.4) is 0 Å². The fourth-order valence-corrected chi connectivity index (χ4v) is 1.49. The molecule has 0 spiro atoms. The zero-order chi connectivity index (χ0) is 11.3. The van der Waals surface area contributed by atoms with Crippen LogP contribution in [0.25, 0.3) is 0 Å². The Hall–Kier alpha value is -1.07. The van der Waals surface area contributed by atoms with Crippen LogP contribution in [0.15, 0.2) is 11.1 Å². The second-order valence-electron chi connectivity index (χ2n) is 3.03. The number of anilines is 1. The molecule has 1 rings (SSSR count). The van der Waals surface area contributed by atoms with Crippen LogP contribution >= 0.6 is 11.6 Å². The lowest BCUT2D eigenvalue weighted by atomic mass is 10.3. The molecule has 15 heavy (non-hydrogen) atoms. The minimum absolute atomic E-state index is 0.0947. The van der Waals surface area contributed by atoms with Gasteiger partial charge in [-0.05, 0) is 13.3 Å². The number of hydrogen-bond acceptors (Lipinski definition) is 4. The Morgan fingerprint density at radius 2 is 2.40 bits per heavy atom. The largest absolute Gasteiger partial charge is 0.396 e. The maximum atomic E-state index is 11.2. The highest BCUT2D eigenvalue weighted by Gasteiger charge is 2.11. The average molecular weight is 232 g/mol. The standard InChI is InChI=1S/C9H14ClN3O2/c1-2-13(4-3-5-14)8-7(10)9(15)12-6-11-8/h6,14H,2-5H2,1H3,(H,11,12,15). The third-order valence-corrected chi connectivity index (χ3v) is 2.39. The highest BCUT2D eigenvalue weighted by atomic mass is 35.5. The fraction of sp³-hybridized carbons (Fsp3) is 0.556. The van der Waals surface area contributed by atoms with E-state index in [0.29, 0.717) is 25.3 Å². The van der Waals surface area contributed by atoms with Crippen molar-refractivity contribution in [1.29, 1.82) is 0 Å². The second kappa shape index (κ2) is 5.72. The van der Waals surface area contributed by atoms with Crippen molar-refractivity contribution in [3.05, 3.63) is 21.7 Å². The molecule has 84 valence electrons. The van der Waals surface area contributed by atoms with E-state index in [1.807, 2.05) is 11.8 Å². The van der Waals surface area contributed by atoms with Crippen molar-refractivity contribution in [2.45, 2.75) is 13.3 Å². The Labute approximate surface area is 92.7 Å². The molecule has 0 aliphatic carbocycles. The van der Waals surface area contributed by atoms with Crippen molar-refractivity contribution in [2.24, 2.45) is 0 Å². The number of aliphatic hydroxyl groups excluding tert-OH is 1. The topological polar surface area (TPSA) is 69.2 Å². The molecule has 0 aliphatic rings. The van der Waals surface area contributed by atoms with Crippen LogP contribution in [0.1, 0.15) is 13.3 Å². The predicted octanol–water partition coefficient (Wildman–Crippen LogP) is 0.632. The summed E-state index contributed by atoms with van der Waals surface area (Å²) in [7, 11) is 0. The van der Waals surface area contributed by atoms with Gasteiger partial charge in [0.1, 0.15) is 5.02 Å². The molecular formula is C9H14ClN3O2. The van der Waals surface area contributed by atoms with E-state index in [-0.39, 0.29) is 17.2 Å². The van der Waals surface area contributed by atoms with Gasteiger partial charge in [-0.1, -0.05) is 11.6 Å². The van der Waals surface area contributed by atoms with Gasteiger partial charge in [0.25, 0.3) is 5.56 Å². The zero-order valence-corrected chi connectivity index (χ0v) is 9.29. The van der Waals surface area contributed by atoms with Crippen molar-refractivity contribution in [1.82, 2.24) is 9.97 Å². The molecule has 6 heteroatoms. The van der Waals surface area contributed by atoms with Crippen LogP contribution < -0.4 is 10.5 Å². The number of nitrogens with zero attached hydrogens (tertiary/aromatic N) is 2. The normalized spacial score (nSPS) is 10.3. The summed E-state index contributed by atoms with van der Waals surface area (Å²) in [4.78, 5) is 19.5. The lowest BCUT2D eigenvalue weighted by Gasteiger charge is -2.21. The van der Waals surface area contributed by atoms with Crippen LogP contribution in [-0.4, -0.2) is 34.8 Å². The first kappa shape index (κ1) is 12.0. The van der Waals surface area contributed by atoms with Crippen LogP contribution in [0.5, 0.6) is 0 Å². The van der Waals surface area contributed by atoms with Gasteiger partial charge < -0.3 is 15.0 Å². The van der Waals surface area contributed by atoms with Crippen LogP contribution in [-0.2, 0) is 0 Å². The minimum atomic E-state index is -0.343. The first-order valence-corrected chi connectivity index (χ1v) is 5.17. The highest BCUT2D eigenvalue weighted by molar-refractivity contribution is 6.32. The Morgan fingerprint density at radius 1 is 1.67 bits per heavy atom. The molecule has 0 atom stereocenters. The summed E-state index contributed by atoms with van der Waals surface area (Å²) < 4.78 is 0. The molecule has 0 saturated heterocycles. The first-order valence-electron chi connectivity index (χ1n) is 4.79. The quantitative estimate of drug-likeness (QED) is 0.780. The van der Waals surface area contributed by atoms with E-state index in [4.69, 9.17) is 16.7 Å². The van der Waals surface area contributed by atoms with Gasteiger partial charge in [0.2, 0.25) is 0 Å². The molecule has 5 nitrogen and oxygen atoms in total. The van der Waals surface area contributed by atoms with Gasteiger partial charge >= 0.3 is 0 Å². The second-order valence-corrected chi connectivity index (χ2v) is 3.40. The van der Waals surface area contributed by atoms with Crippen LogP contribution in [0.2, 0.25) is 5.02 Å². The molecule has 0 radical (unpaired) electrons. The summed E-state index contributed by atoms with van der Waals surface area (Å²) in [5.74, 6) is 0.469. The third-order valence-electron chi connectivity index (χ3n) is 2.05. The van der Waals surface area contributed by atoms with E-state index in [2.05, 4.69) is 9.97 Å². The first-order chi connectivity index (χ1) is 7.20. The highest BCUT2D eigenvalue weighted by Crippen LogP contribution is 2.17. The Balaban J connectivity index is 2.91. The molecule has 0 aliphatic heterocycles. The molecule has 1 aromatic heterocycles. The van der Waals surface area contributed by atoms with E-state index in [1.165, 1.54) is 6.33 Å². The third kappa shape index (κ3) is 2.94. The van der Waals surface area contributed by atoms with E-state index >= 15 is 0 Å². The molecule has 0 unspecified atom stereocenters. The zero-order valence-electron chi connectivity index (χ0n) is 8.53. The summed E-state index contributed by atoms with van der Waals surface area (Å²) in [5.41, 5.74) is -0.343. The van der Waals surface area contributed by atoms with Crippen LogP contribution in [0, 0.1) is 0 Å². The molecule has 0 saturated carbocycles. The van der Waals surface area contributed by atoms with E-state index in [9.17, 15) is 4.79 Å². The molecule has 0 bridgehead atoms. The summed E-state index contributed by atoms with van der Waals surface area (Å²) in [6.07, 6.45) is 1.95. The van der Waals surface area contributed by atoms with Crippen molar-refractivity contribution >= 4 is 17.4 Å². The van der Waals surface area contributed by atoms with Gasteiger partial charge in [-0.2, -0.15) is 0 Å². The number of halogens is 1. The number of rotatable bonds is 5. The number of nitrogens with one attached hydrogen (secondary N) is 1. The van der Waals surface area contributed by atoms with Gasteiger partial charge in [-0.15, -0.1) is 0 Å². The van der Waals surface area contributed by atoms with Crippen molar-refractivity contribution in [3.63, 3.8) is 0 Å². The van der Waals surface area contributed by atoms with Crippen LogP contribution in [0.4, 0.5) is 5.82 Å². The van der Waals surface area contributed by atoms with E-state index in [1.54, 1.807) is 0 Å². The molecular weight excluding hydrogens is 218 g/mol. The maximum absolute atomic E-state index is 11.2. The number of hydrogen-bond donors (Lipinski definition) is 2. The summed E-state index contributed by atoms with van der Waals surface area (Å²) >= 11 is 5.84. The van der Waals surface area contributed by atoms with Crippen molar-refractivity contribution in [3.8, 4) is 0 Å². The fourth-order valence-electron chi connectivity index (χ4n) is 1.27. The molecule has 1 heterocycles. The van der Waals surface area contributed by atoms with Gasteiger partial charge in [-0.3, -0.25) is 4.79 Å². The number of aliphatic hydroxyl groups is 1. The Bertz CT molecular complexity index is 367. The van der Waals surface area contributed by atoms with Gasteiger partial charge in [-0.25, -0.2) is 4.98 Å². The number of H-pyrrole nitrogens is 1. The molecule has 1 aromatic rings. The molecule has 2 N–H and O–H groups in total. The minimum Gasteiger partial charge on any atom is -0.396 e. The lowest BCUT2D eigenvalue weighted by molar-refractivity contribution is 0.289. The smallest absolute Gasteiger partial charge is 0.271 e. The summed E-state index contributed by atoms with van der Waals surface area (Å²) in [6, 6.07) is 0. The lowest BCUT2D eigenvalue weighted by Crippen LogP contribution is -2.27. The monoisotopic (exact) mass is 231 g/mol. The van der Waals surface area contributed by atoms with Crippen molar-refractivity contribution < 1.29 is 5.11 Å². The number of aromatic amines is 1. The van der Waals surface area contributed by atoms with Gasteiger partial charge in [0.05, 0.1) is 6.33 Å². The summed E-state index contributed by atoms with van der Waals surface area (Å²) in [6.45, 7) is 3.37. The predicted molar refractivity (Wildman–Crippen MR) is 59.5 cm³/mol. The van der Waals surface area contributed by atoms with E-state index < -0.39 is 0 Å². The molecule has 0 fully saturated rings. The van der Waals surface area contributed by atoms with E-state index in [0.717, 1.165) is 0 Å². The average Bonchev–Trinajstić information content (AvgIpc) is 2.25. The molecule has 0 aromatic carbocycles. The maximum Gasteiger partial charge on any atom is 0.271 e. The Kier molecular flexibility index (Phi) is 4.58. The van der Waals surface area contributed by atoms with Gasteiger partial charge in [0, 0.05) is 19.7 Å². The molecule has 0 amide bonds. The van der Waals surface area contributed by atoms with Gasteiger partial charge in [0.15, 0.2) is 5.82 Å². The Morgan fingerprint density at radius 3 is 3.00 bits per heavy atom. The SMILES string of the molecule is CCN(CCCO)c1nc[nH]c(=O)c1Cl. The van der Waals surface area contributed by atoms with Crippen molar-refractivity contribution in [2.75, 3.05) is 24.6 Å². The number of aromatic nitrogens is 2.